The summed E-state index contributed by atoms with van der Waals surface area (Å²) in [5.41, 5.74) is 4.58. The van der Waals surface area contributed by atoms with Crippen molar-refractivity contribution in [1.29, 1.82) is 0 Å². The molecule has 0 spiro atoms. The number of hydrogen-bond donors (Lipinski definition) is 1. The number of hydrogen-bond acceptors (Lipinski definition) is 1. The van der Waals surface area contributed by atoms with Gasteiger partial charge in [-0.05, 0) is 68.1 Å². The van der Waals surface area contributed by atoms with Gasteiger partial charge in [0.2, 0.25) is 0 Å². The Bertz CT molecular complexity index is 433. The van der Waals surface area contributed by atoms with Crippen LogP contribution in [0.15, 0.2) is 30.4 Å². The monoisotopic (exact) mass is 241 g/mol. The fourth-order valence-corrected chi connectivity index (χ4v) is 3.24. The average molecular weight is 241 g/mol. The van der Waals surface area contributed by atoms with E-state index in [4.69, 9.17) is 0 Å². The van der Waals surface area contributed by atoms with Gasteiger partial charge in [0, 0.05) is 12.2 Å². The van der Waals surface area contributed by atoms with E-state index in [1.807, 2.05) is 0 Å². The first kappa shape index (κ1) is 11.8. The summed E-state index contributed by atoms with van der Waals surface area (Å²) >= 11 is 0. The van der Waals surface area contributed by atoms with Crippen LogP contribution in [0.3, 0.4) is 0 Å². The van der Waals surface area contributed by atoms with Gasteiger partial charge in [0.15, 0.2) is 0 Å². The van der Waals surface area contributed by atoms with E-state index < -0.39 is 0 Å². The standard InChI is InChI=1S/C17H23N/c1-2-7-14(8-3-1)13-18-17-12-6-10-15-9-4-5-11-16(15)17/h1-2,6,10,12,14,18H,3-5,7-9,11,13H2. The van der Waals surface area contributed by atoms with Crippen LogP contribution in [0.25, 0.3) is 0 Å². The van der Waals surface area contributed by atoms with E-state index in [-0.39, 0.29) is 0 Å². The Morgan fingerprint density at radius 1 is 1.11 bits per heavy atom. The third-order valence-electron chi connectivity index (χ3n) is 4.35. The molecule has 3 rings (SSSR count). The third-order valence-corrected chi connectivity index (χ3v) is 4.35. The predicted molar refractivity (Wildman–Crippen MR) is 78.1 cm³/mol. The van der Waals surface area contributed by atoms with Crippen molar-refractivity contribution in [2.75, 3.05) is 11.9 Å². The summed E-state index contributed by atoms with van der Waals surface area (Å²) in [6.07, 6.45) is 13.8. The normalized spacial score (nSPS) is 22.6. The summed E-state index contributed by atoms with van der Waals surface area (Å²) < 4.78 is 0. The molecule has 1 aromatic rings. The van der Waals surface area contributed by atoms with Gasteiger partial charge in [-0.1, -0.05) is 24.3 Å². The maximum absolute atomic E-state index is 3.71. The molecule has 1 aromatic carbocycles. The van der Waals surface area contributed by atoms with Crippen LogP contribution in [-0.4, -0.2) is 6.54 Å². The van der Waals surface area contributed by atoms with E-state index in [0.29, 0.717) is 0 Å². The number of nitrogens with one attached hydrogen (secondary N) is 1. The lowest BCUT2D eigenvalue weighted by molar-refractivity contribution is 0.504. The van der Waals surface area contributed by atoms with Gasteiger partial charge >= 0.3 is 0 Å². The predicted octanol–water partition coefficient (Wildman–Crippen LogP) is 4.33. The summed E-state index contributed by atoms with van der Waals surface area (Å²) in [6.45, 7) is 1.14. The number of benzene rings is 1. The van der Waals surface area contributed by atoms with Crippen LogP contribution in [0, 0.1) is 5.92 Å². The highest BCUT2D eigenvalue weighted by Crippen LogP contribution is 2.28. The van der Waals surface area contributed by atoms with Gasteiger partial charge in [0.1, 0.15) is 0 Å². The molecule has 0 saturated carbocycles. The van der Waals surface area contributed by atoms with E-state index >= 15 is 0 Å². The van der Waals surface area contributed by atoms with E-state index in [2.05, 4.69) is 35.7 Å². The van der Waals surface area contributed by atoms with Crippen LogP contribution in [0.4, 0.5) is 5.69 Å². The molecule has 2 aliphatic rings. The lowest BCUT2D eigenvalue weighted by Gasteiger charge is -2.23. The summed E-state index contributed by atoms with van der Waals surface area (Å²) in [6, 6.07) is 6.79. The van der Waals surface area contributed by atoms with Crippen molar-refractivity contribution in [2.45, 2.75) is 44.9 Å². The Morgan fingerprint density at radius 2 is 2.06 bits per heavy atom. The van der Waals surface area contributed by atoms with E-state index in [9.17, 15) is 0 Å². The number of fused-ring (bicyclic) bond motifs is 1. The molecule has 1 N–H and O–H groups in total. The zero-order valence-corrected chi connectivity index (χ0v) is 11.1. The van der Waals surface area contributed by atoms with Crippen molar-refractivity contribution in [3.8, 4) is 0 Å². The zero-order valence-electron chi connectivity index (χ0n) is 11.1. The highest BCUT2D eigenvalue weighted by atomic mass is 14.9. The second-order valence-corrected chi connectivity index (χ2v) is 5.68. The van der Waals surface area contributed by atoms with Crippen LogP contribution < -0.4 is 5.32 Å². The third kappa shape index (κ3) is 2.60. The van der Waals surface area contributed by atoms with Crippen molar-refractivity contribution < 1.29 is 0 Å². The maximum atomic E-state index is 3.71. The van der Waals surface area contributed by atoms with Gasteiger partial charge in [-0.2, -0.15) is 0 Å². The molecule has 18 heavy (non-hydrogen) atoms. The molecule has 0 aliphatic heterocycles. The second-order valence-electron chi connectivity index (χ2n) is 5.68. The van der Waals surface area contributed by atoms with Gasteiger partial charge in [-0.3, -0.25) is 0 Å². The molecule has 1 nitrogen and oxygen atoms in total. The lowest BCUT2D eigenvalue weighted by Crippen LogP contribution is -2.17. The molecule has 0 aromatic heterocycles. The summed E-state index contributed by atoms with van der Waals surface area (Å²) in [5, 5.41) is 3.71. The summed E-state index contributed by atoms with van der Waals surface area (Å²) in [4.78, 5) is 0. The fraction of sp³-hybridized carbons (Fsp3) is 0.529. The first-order valence-electron chi connectivity index (χ1n) is 7.43. The molecule has 0 radical (unpaired) electrons. The molecule has 0 saturated heterocycles. The minimum atomic E-state index is 0.828. The Balaban J connectivity index is 1.67. The zero-order chi connectivity index (χ0) is 12.2. The Hall–Kier alpha value is -1.24. The van der Waals surface area contributed by atoms with Crippen LogP contribution >= 0.6 is 0 Å². The number of allylic oxidation sites excluding steroid dienone is 2. The quantitative estimate of drug-likeness (QED) is 0.776. The largest absolute Gasteiger partial charge is 0.385 e. The van der Waals surface area contributed by atoms with E-state index in [1.165, 1.54) is 50.6 Å². The van der Waals surface area contributed by atoms with Crippen molar-refractivity contribution in [3.63, 3.8) is 0 Å². The molecular formula is C17H23N. The highest BCUT2D eigenvalue weighted by molar-refractivity contribution is 5.55. The SMILES string of the molecule is C1=CCC(CNc2cccc3c2CCCC3)CC1. The van der Waals surface area contributed by atoms with Crippen LogP contribution in [-0.2, 0) is 12.8 Å². The molecule has 96 valence electrons. The molecule has 0 fully saturated rings. The van der Waals surface area contributed by atoms with Crippen LogP contribution in [0.2, 0.25) is 0 Å². The molecule has 2 aliphatic carbocycles. The van der Waals surface area contributed by atoms with Gasteiger partial charge in [-0.15, -0.1) is 0 Å². The lowest BCUT2D eigenvalue weighted by atomic mass is 9.90. The highest BCUT2D eigenvalue weighted by Gasteiger charge is 2.14. The summed E-state index contributed by atoms with van der Waals surface area (Å²) in [5.74, 6) is 0.828. The van der Waals surface area contributed by atoms with Gasteiger partial charge in [0.05, 0.1) is 0 Å². The van der Waals surface area contributed by atoms with Gasteiger partial charge in [0.25, 0.3) is 0 Å². The molecule has 0 heterocycles. The van der Waals surface area contributed by atoms with Crippen LogP contribution in [0.1, 0.15) is 43.2 Å². The summed E-state index contributed by atoms with van der Waals surface area (Å²) in [7, 11) is 0. The van der Waals surface area contributed by atoms with E-state index in [1.54, 1.807) is 11.1 Å². The smallest absolute Gasteiger partial charge is 0.0375 e. The minimum absolute atomic E-state index is 0.828. The number of anilines is 1. The molecule has 0 bridgehead atoms. The van der Waals surface area contributed by atoms with Crippen molar-refractivity contribution in [2.24, 2.45) is 5.92 Å². The maximum Gasteiger partial charge on any atom is 0.0375 e. The molecule has 1 atom stereocenters. The minimum Gasteiger partial charge on any atom is -0.385 e. The first-order chi connectivity index (χ1) is 8.93. The van der Waals surface area contributed by atoms with Gasteiger partial charge < -0.3 is 5.32 Å². The molecule has 1 heteroatoms. The van der Waals surface area contributed by atoms with Crippen molar-refractivity contribution in [3.05, 3.63) is 41.5 Å². The van der Waals surface area contributed by atoms with Gasteiger partial charge in [-0.25, -0.2) is 0 Å². The van der Waals surface area contributed by atoms with Crippen molar-refractivity contribution in [1.82, 2.24) is 0 Å². The van der Waals surface area contributed by atoms with E-state index in [0.717, 1.165) is 12.5 Å². The Labute approximate surface area is 110 Å². The topological polar surface area (TPSA) is 12.0 Å². The first-order valence-corrected chi connectivity index (χ1v) is 7.43. The molecule has 1 unspecified atom stereocenters. The number of rotatable bonds is 3. The molecular weight excluding hydrogens is 218 g/mol. The Morgan fingerprint density at radius 3 is 2.94 bits per heavy atom. The Kier molecular flexibility index (Phi) is 3.68. The fourth-order valence-electron chi connectivity index (χ4n) is 3.24. The second kappa shape index (κ2) is 5.60. The van der Waals surface area contributed by atoms with Crippen LogP contribution in [0.5, 0.6) is 0 Å². The average Bonchev–Trinajstić information content (AvgIpc) is 2.46. The number of aryl methyl sites for hydroxylation is 1. The molecule has 0 amide bonds. The van der Waals surface area contributed by atoms with Crippen molar-refractivity contribution >= 4 is 5.69 Å².